The fourth-order valence-electron chi connectivity index (χ4n) is 5.52. The molecular formula is C81H135N9. The van der Waals surface area contributed by atoms with Crippen molar-refractivity contribution in [3.63, 3.8) is 0 Å². The van der Waals surface area contributed by atoms with E-state index in [4.69, 9.17) is 0 Å². The van der Waals surface area contributed by atoms with E-state index in [1.54, 1.807) is 0 Å². The minimum absolute atomic E-state index is 0.829. The smallest absolute Gasteiger partial charge is 0.125 e. The molecule has 7 aromatic heterocycles. The normalized spacial score (nSPS) is 8.00. The van der Waals surface area contributed by atoms with Crippen LogP contribution in [-0.2, 0) is 0 Å². The molecule has 7 heterocycles. The van der Waals surface area contributed by atoms with Gasteiger partial charge in [0.25, 0.3) is 0 Å². The molecule has 9 aromatic rings. The van der Waals surface area contributed by atoms with E-state index in [1.165, 1.54) is 55.6 Å². The number of aromatic nitrogens is 9. The van der Waals surface area contributed by atoms with Gasteiger partial charge in [-0.3, -0.25) is 24.9 Å². The van der Waals surface area contributed by atoms with Gasteiger partial charge in [-0.1, -0.05) is 214 Å². The molecule has 0 unspecified atom stereocenters. The minimum Gasteiger partial charge on any atom is -0.264 e. The fraction of sp³-hybridized carbons (Fsp3) is 0.444. The summed E-state index contributed by atoms with van der Waals surface area (Å²) >= 11 is 0. The van der Waals surface area contributed by atoms with Crippen LogP contribution < -0.4 is 0 Å². The zero-order valence-corrected chi connectivity index (χ0v) is 64.6. The highest BCUT2D eigenvalue weighted by atomic mass is 14.8. The Morgan fingerprint density at radius 3 is 0.589 bits per heavy atom. The van der Waals surface area contributed by atoms with Crippen molar-refractivity contribution in [2.24, 2.45) is 0 Å². The summed E-state index contributed by atoms with van der Waals surface area (Å²) < 4.78 is 0. The predicted octanol–water partition coefficient (Wildman–Crippen LogP) is 24.5. The van der Waals surface area contributed by atoms with Crippen molar-refractivity contribution in [3.8, 4) is 0 Å². The van der Waals surface area contributed by atoms with Crippen LogP contribution in [0, 0.1) is 125 Å². The maximum absolute atomic E-state index is 4.08. The molecule has 0 bridgehead atoms. The van der Waals surface area contributed by atoms with Crippen LogP contribution in [-0.4, -0.2) is 44.9 Å². The van der Waals surface area contributed by atoms with Gasteiger partial charge in [-0.2, -0.15) is 0 Å². The molecule has 0 spiro atoms. The second-order valence-electron chi connectivity index (χ2n) is 17.9. The molecule has 0 saturated heterocycles. The summed E-state index contributed by atoms with van der Waals surface area (Å²) in [5.41, 5.74) is 19.3. The van der Waals surface area contributed by atoms with E-state index in [-0.39, 0.29) is 0 Å². The van der Waals surface area contributed by atoms with Gasteiger partial charge < -0.3 is 0 Å². The van der Waals surface area contributed by atoms with Crippen molar-refractivity contribution in [1.29, 1.82) is 0 Å². The van der Waals surface area contributed by atoms with Gasteiger partial charge in [0.15, 0.2) is 0 Å². The average Bonchev–Trinajstić information content (AvgIpc) is 3.57. The van der Waals surface area contributed by atoms with Gasteiger partial charge in [0.1, 0.15) is 11.6 Å². The van der Waals surface area contributed by atoms with Crippen molar-refractivity contribution in [3.05, 3.63) is 266 Å². The van der Waals surface area contributed by atoms with Gasteiger partial charge in [-0.05, 0) is 206 Å². The molecule has 0 amide bonds. The van der Waals surface area contributed by atoms with Crippen LogP contribution in [0.4, 0.5) is 0 Å². The van der Waals surface area contributed by atoms with Crippen LogP contribution in [0.25, 0.3) is 0 Å². The molecule has 9 nitrogen and oxygen atoms in total. The highest BCUT2D eigenvalue weighted by Crippen LogP contribution is 2.02. The number of hydrogen-bond donors (Lipinski definition) is 0. The topological polar surface area (TPSA) is 116 Å². The van der Waals surface area contributed by atoms with Gasteiger partial charge in [-0.25, -0.2) is 19.9 Å². The summed E-state index contributed by atoms with van der Waals surface area (Å²) in [5.74, 6) is 1.66. The van der Waals surface area contributed by atoms with Crippen LogP contribution in [0.15, 0.2) is 165 Å². The largest absolute Gasteiger partial charge is 0.264 e. The number of pyridine rings is 5. The Morgan fingerprint density at radius 2 is 0.422 bits per heavy atom. The SMILES string of the molecule is CC.CC.CC.CC.CC.CC.CC.CC.CC.Cc1ccc(C)cc1.Cc1ccc(C)nc1.Cc1ccc(C)nc1.Cc1cccc(C)c1.Cc1ccnc(C)c1.Cc1ccnc(C)c1.Cc1cnc(C)nc1.Cc1cnc(C)nc1.Cc1cncc(C)c1. The lowest BCUT2D eigenvalue weighted by Crippen LogP contribution is -1.84. The lowest BCUT2D eigenvalue weighted by Gasteiger charge is -1.90. The van der Waals surface area contributed by atoms with Gasteiger partial charge in [0.2, 0.25) is 0 Å². The van der Waals surface area contributed by atoms with Crippen LogP contribution in [0.1, 0.15) is 226 Å². The maximum atomic E-state index is 4.08. The van der Waals surface area contributed by atoms with Crippen LogP contribution in [0.2, 0.25) is 0 Å². The van der Waals surface area contributed by atoms with Gasteiger partial charge in [0, 0.05) is 84.7 Å². The Labute approximate surface area is 557 Å². The Morgan fingerprint density at radius 1 is 0.178 bits per heavy atom. The highest BCUT2D eigenvalue weighted by molar-refractivity contribution is 5.21. The molecule has 0 aliphatic carbocycles. The van der Waals surface area contributed by atoms with Crippen LogP contribution in [0.3, 0.4) is 0 Å². The summed E-state index contributed by atoms with van der Waals surface area (Å²) in [5, 5.41) is 0. The molecule has 0 aliphatic rings. The van der Waals surface area contributed by atoms with E-state index in [2.05, 4.69) is 165 Å². The van der Waals surface area contributed by atoms with Crippen molar-refractivity contribution < 1.29 is 0 Å². The monoisotopic (exact) mass is 1230 g/mol. The Bertz CT molecular complexity index is 2190. The first-order valence-corrected chi connectivity index (χ1v) is 33.1. The maximum Gasteiger partial charge on any atom is 0.125 e. The van der Waals surface area contributed by atoms with E-state index < -0.39 is 0 Å². The van der Waals surface area contributed by atoms with E-state index in [9.17, 15) is 0 Å². The summed E-state index contributed by atoms with van der Waals surface area (Å²) in [7, 11) is 0. The minimum atomic E-state index is 0.829. The summed E-state index contributed by atoms with van der Waals surface area (Å²) in [4.78, 5) is 36.1. The van der Waals surface area contributed by atoms with Crippen molar-refractivity contribution in [2.75, 3.05) is 0 Å². The number of rotatable bonds is 0. The quantitative estimate of drug-likeness (QED) is 0.146. The van der Waals surface area contributed by atoms with Gasteiger partial charge in [0.05, 0.1) is 0 Å². The second kappa shape index (κ2) is 77.4. The highest BCUT2D eigenvalue weighted by Gasteiger charge is 1.87. The summed E-state index contributed by atoms with van der Waals surface area (Å²) in [6, 6.07) is 35.3. The molecule has 9 rings (SSSR count). The molecule has 2 aromatic carbocycles. The van der Waals surface area contributed by atoms with E-state index in [0.29, 0.717) is 0 Å². The fourth-order valence-corrected chi connectivity index (χ4v) is 5.52. The molecular weight excluding hydrogens is 1100 g/mol. The molecule has 9 heteroatoms. The molecule has 0 fully saturated rings. The van der Waals surface area contributed by atoms with Crippen LogP contribution in [0.5, 0.6) is 0 Å². The number of aryl methyl sites for hydroxylation is 18. The molecule has 90 heavy (non-hydrogen) atoms. The van der Waals surface area contributed by atoms with Gasteiger partial charge in [-0.15, -0.1) is 0 Å². The Hall–Kier alpha value is -7.65. The Balaban J connectivity index is -0.000000113. The van der Waals surface area contributed by atoms with Crippen LogP contribution >= 0.6 is 0 Å². The third kappa shape index (κ3) is 74.6. The first-order valence-electron chi connectivity index (χ1n) is 33.1. The van der Waals surface area contributed by atoms with E-state index >= 15 is 0 Å². The second-order valence-corrected chi connectivity index (χ2v) is 17.9. The van der Waals surface area contributed by atoms with Crippen molar-refractivity contribution >= 4 is 0 Å². The zero-order chi connectivity index (χ0) is 71.8. The zero-order valence-electron chi connectivity index (χ0n) is 64.6. The summed E-state index contributed by atoms with van der Waals surface area (Å²) in [6.45, 7) is 72.3. The molecule has 504 valence electrons. The standard InChI is InChI=1S/2C8H10.5C7H9N.2C6H8N2.9C2H6/c1-7-3-5-8(2)6-4-7;1-7-4-3-5-8(2)6-7;1-6-3-7(2)5-8-4-6;2*1-6-3-4-8-7(2)5-6;2*1-6-3-4-7(2)8-5-6;2*1-5-3-7-6(2)8-4-5;9*1-2/h2*3-6H,1-2H3;5*3-5H,1-2H3;2*3-4H,1-2H3;9*1-2H3. The van der Waals surface area contributed by atoms with Crippen molar-refractivity contribution in [2.45, 2.75) is 249 Å². The summed E-state index contributed by atoms with van der Waals surface area (Å²) in [6.07, 6.45) is 18.3. The molecule has 0 aliphatic heterocycles. The average molecular weight is 1240 g/mol. The van der Waals surface area contributed by atoms with E-state index in [0.717, 1.165) is 45.6 Å². The Kier molecular flexibility index (Phi) is 87.2. The molecule has 0 N–H and O–H groups in total. The first kappa shape index (κ1) is 101. The first-order chi connectivity index (χ1) is 43.1. The third-order valence-corrected chi connectivity index (χ3v) is 9.45. The lowest BCUT2D eigenvalue weighted by molar-refractivity contribution is 1.03. The van der Waals surface area contributed by atoms with Crippen molar-refractivity contribution in [1.82, 2.24) is 44.9 Å². The van der Waals surface area contributed by atoms with Gasteiger partial charge >= 0.3 is 0 Å². The number of nitrogens with zero attached hydrogens (tertiary/aromatic N) is 9. The lowest BCUT2D eigenvalue weighted by atomic mass is 10.2. The van der Waals surface area contributed by atoms with E-state index in [1.807, 2.05) is 294 Å². The molecule has 0 saturated carbocycles. The third-order valence-electron chi connectivity index (χ3n) is 9.45. The predicted molar refractivity (Wildman–Crippen MR) is 406 cm³/mol. The molecule has 0 radical (unpaired) electrons. The number of benzene rings is 2. The number of hydrogen-bond acceptors (Lipinski definition) is 9. The molecule has 0 atom stereocenters.